The van der Waals surface area contributed by atoms with Gasteiger partial charge in [-0.15, -0.1) is 0 Å². The molecule has 1 aliphatic heterocycles. The molecular formula is C27H31N3O4S. The molecule has 0 unspecified atom stereocenters. The van der Waals surface area contributed by atoms with Crippen LogP contribution in [0, 0.1) is 0 Å². The van der Waals surface area contributed by atoms with Crippen LogP contribution < -0.4 is 9.62 Å². The fourth-order valence-corrected chi connectivity index (χ4v) is 6.53. The first kappa shape index (κ1) is 24.7. The Morgan fingerprint density at radius 1 is 1.00 bits per heavy atom. The van der Waals surface area contributed by atoms with Crippen molar-refractivity contribution in [3.8, 4) is 0 Å². The van der Waals surface area contributed by atoms with E-state index in [1.165, 1.54) is 4.31 Å². The van der Waals surface area contributed by atoms with Gasteiger partial charge in [-0.05, 0) is 42.3 Å². The lowest BCUT2D eigenvalue weighted by Gasteiger charge is -2.30. The van der Waals surface area contributed by atoms with Gasteiger partial charge in [-0.3, -0.25) is 13.9 Å². The van der Waals surface area contributed by atoms with E-state index in [4.69, 9.17) is 0 Å². The Hall–Kier alpha value is -3.39. The molecule has 1 atom stereocenters. The van der Waals surface area contributed by atoms with Crippen LogP contribution in [-0.2, 0) is 26.0 Å². The largest absolute Gasteiger partial charge is 0.357 e. The van der Waals surface area contributed by atoms with Crippen molar-refractivity contribution in [2.75, 3.05) is 24.4 Å². The molecule has 35 heavy (non-hydrogen) atoms. The number of amides is 2. The predicted octanol–water partition coefficient (Wildman–Crippen LogP) is 3.72. The molecule has 0 saturated heterocycles. The Morgan fingerprint density at radius 2 is 1.71 bits per heavy atom. The van der Waals surface area contributed by atoms with E-state index < -0.39 is 16.1 Å². The van der Waals surface area contributed by atoms with Crippen LogP contribution >= 0.6 is 0 Å². The molecule has 3 aromatic rings. The van der Waals surface area contributed by atoms with Crippen LogP contribution in [0.2, 0.25) is 0 Å². The summed E-state index contributed by atoms with van der Waals surface area (Å²) in [6.07, 6.45) is 1.64. The Morgan fingerprint density at radius 3 is 2.40 bits per heavy atom. The van der Waals surface area contributed by atoms with E-state index in [1.54, 1.807) is 24.1 Å². The number of likely N-dealkylation sites (N-methyl/N-ethyl adjacent to an activating group) is 1. The Bertz CT molecular complexity index is 1320. The Kier molecular flexibility index (Phi) is 7.40. The number of hydrogen-bond donors (Lipinski definition) is 1. The average molecular weight is 494 g/mol. The minimum Gasteiger partial charge on any atom is -0.357 e. The summed E-state index contributed by atoms with van der Waals surface area (Å²) >= 11 is 0. The van der Waals surface area contributed by atoms with E-state index >= 15 is 0 Å². The van der Waals surface area contributed by atoms with Gasteiger partial charge in [0.1, 0.15) is 6.04 Å². The molecule has 0 aromatic heterocycles. The number of nitrogens with zero attached hydrogens (tertiary/aromatic N) is 2. The van der Waals surface area contributed by atoms with Crippen molar-refractivity contribution in [1.82, 2.24) is 10.2 Å². The Balaban J connectivity index is 1.47. The molecule has 1 aliphatic rings. The van der Waals surface area contributed by atoms with Gasteiger partial charge in [-0.1, -0.05) is 61.5 Å². The molecule has 184 valence electrons. The lowest BCUT2D eigenvalue weighted by atomic mass is 10.1. The van der Waals surface area contributed by atoms with Gasteiger partial charge in [0.2, 0.25) is 11.8 Å². The number of rotatable bonds is 10. The number of carbonyl (C=O) groups excluding carboxylic acids is 2. The quantitative estimate of drug-likeness (QED) is 0.466. The van der Waals surface area contributed by atoms with Gasteiger partial charge in [0.05, 0.1) is 10.6 Å². The second-order valence-corrected chi connectivity index (χ2v) is 10.5. The van der Waals surface area contributed by atoms with E-state index in [0.717, 1.165) is 16.3 Å². The molecule has 2 amide bonds. The molecule has 7 nitrogen and oxygen atoms in total. The highest BCUT2D eigenvalue weighted by Crippen LogP contribution is 2.42. The third-order valence-corrected chi connectivity index (χ3v) is 8.41. The summed E-state index contributed by atoms with van der Waals surface area (Å²) in [6.45, 7) is 2.50. The molecule has 0 spiro atoms. The summed E-state index contributed by atoms with van der Waals surface area (Å²) in [5.74, 6) is -0.346. The van der Waals surface area contributed by atoms with Gasteiger partial charge in [0, 0.05) is 31.9 Å². The summed E-state index contributed by atoms with van der Waals surface area (Å²) in [6, 6.07) is 20.1. The standard InChI is InChI=1S/C27H31N3O4S/c1-3-22(27(32)28-2)29(19-17-20-10-5-4-6-11-20)25(31)16-9-18-30-23-14-7-12-21-13-8-15-24(26(21)23)35(30,33)34/h4-8,10-15,22H,3,9,16-19H2,1-2H3,(H,28,32)/t22-/m0/s1. The molecule has 3 aromatic carbocycles. The van der Waals surface area contributed by atoms with Crippen molar-refractivity contribution < 1.29 is 18.0 Å². The first-order chi connectivity index (χ1) is 16.9. The number of carbonyl (C=O) groups is 2. The van der Waals surface area contributed by atoms with Crippen molar-refractivity contribution in [1.29, 1.82) is 0 Å². The zero-order chi connectivity index (χ0) is 25.0. The average Bonchev–Trinajstić information content (AvgIpc) is 3.09. The molecule has 0 bridgehead atoms. The first-order valence-electron chi connectivity index (χ1n) is 12.0. The molecular weight excluding hydrogens is 462 g/mol. The van der Waals surface area contributed by atoms with Crippen molar-refractivity contribution >= 4 is 38.3 Å². The van der Waals surface area contributed by atoms with E-state index in [0.29, 0.717) is 36.4 Å². The van der Waals surface area contributed by atoms with Gasteiger partial charge in [-0.25, -0.2) is 8.42 Å². The maximum atomic E-state index is 13.3. The van der Waals surface area contributed by atoms with E-state index in [9.17, 15) is 18.0 Å². The molecule has 0 fully saturated rings. The molecule has 8 heteroatoms. The number of nitrogens with one attached hydrogen (secondary N) is 1. The van der Waals surface area contributed by atoms with Crippen LogP contribution in [0.15, 0.2) is 71.6 Å². The van der Waals surface area contributed by atoms with Crippen LogP contribution in [0.3, 0.4) is 0 Å². The van der Waals surface area contributed by atoms with Crippen LogP contribution in [0.25, 0.3) is 10.8 Å². The maximum Gasteiger partial charge on any atom is 0.265 e. The monoisotopic (exact) mass is 493 g/mol. The maximum absolute atomic E-state index is 13.3. The number of hydrogen-bond acceptors (Lipinski definition) is 4. The summed E-state index contributed by atoms with van der Waals surface area (Å²) < 4.78 is 27.8. The zero-order valence-electron chi connectivity index (χ0n) is 20.1. The van der Waals surface area contributed by atoms with Gasteiger partial charge in [-0.2, -0.15) is 0 Å². The smallest absolute Gasteiger partial charge is 0.265 e. The van der Waals surface area contributed by atoms with Crippen molar-refractivity contribution in [3.63, 3.8) is 0 Å². The van der Waals surface area contributed by atoms with Crippen LogP contribution in [0.5, 0.6) is 0 Å². The highest BCUT2D eigenvalue weighted by molar-refractivity contribution is 7.93. The zero-order valence-corrected chi connectivity index (χ0v) is 20.9. The highest BCUT2D eigenvalue weighted by atomic mass is 32.2. The van der Waals surface area contributed by atoms with Crippen LogP contribution in [0.1, 0.15) is 31.7 Å². The molecule has 0 saturated carbocycles. The van der Waals surface area contributed by atoms with E-state index in [1.807, 2.05) is 61.5 Å². The van der Waals surface area contributed by atoms with E-state index in [-0.39, 0.29) is 24.8 Å². The summed E-state index contributed by atoms with van der Waals surface area (Å²) in [7, 11) is -2.09. The van der Waals surface area contributed by atoms with Gasteiger partial charge >= 0.3 is 0 Å². The Labute approximate surface area is 206 Å². The van der Waals surface area contributed by atoms with E-state index in [2.05, 4.69) is 5.32 Å². The predicted molar refractivity (Wildman–Crippen MR) is 138 cm³/mol. The topological polar surface area (TPSA) is 86.8 Å². The number of benzene rings is 3. The molecule has 1 heterocycles. The fraction of sp³-hybridized carbons (Fsp3) is 0.333. The lowest BCUT2D eigenvalue weighted by Crippen LogP contribution is -2.49. The fourth-order valence-electron chi connectivity index (χ4n) is 4.78. The van der Waals surface area contributed by atoms with Crippen molar-refractivity contribution in [2.24, 2.45) is 0 Å². The minimum absolute atomic E-state index is 0.149. The molecule has 0 radical (unpaired) electrons. The molecule has 0 aliphatic carbocycles. The second kappa shape index (κ2) is 10.5. The van der Waals surface area contributed by atoms with Crippen LogP contribution in [-0.4, -0.2) is 51.3 Å². The minimum atomic E-state index is -3.66. The third kappa shape index (κ3) is 4.89. The third-order valence-electron chi connectivity index (χ3n) is 6.55. The number of sulfonamides is 1. The summed E-state index contributed by atoms with van der Waals surface area (Å²) in [4.78, 5) is 27.8. The van der Waals surface area contributed by atoms with Gasteiger partial charge in [0.15, 0.2) is 0 Å². The van der Waals surface area contributed by atoms with Crippen LogP contribution in [0.4, 0.5) is 5.69 Å². The first-order valence-corrected chi connectivity index (χ1v) is 13.4. The lowest BCUT2D eigenvalue weighted by molar-refractivity contribution is -0.140. The SMILES string of the molecule is CC[C@@H](C(=O)NC)N(CCc1ccccc1)C(=O)CCCN1c2cccc3cccc(c23)S1(=O)=O. The van der Waals surface area contributed by atoms with Crippen molar-refractivity contribution in [3.05, 3.63) is 72.3 Å². The van der Waals surface area contributed by atoms with Crippen molar-refractivity contribution in [2.45, 2.75) is 43.5 Å². The van der Waals surface area contributed by atoms with Gasteiger partial charge in [0.25, 0.3) is 10.0 Å². The number of anilines is 1. The molecule has 4 rings (SSSR count). The second-order valence-electron chi connectivity index (χ2n) is 8.67. The molecule has 1 N–H and O–H groups in total. The summed E-state index contributed by atoms with van der Waals surface area (Å²) in [5.41, 5.74) is 1.74. The summed E-state index contributed by atoms with van der Waals surface area (Å²) in [5, 5.41) is 4.28. The normalized spacial score (nSPS) is 14.6. The highest BCUT2D eigenvalue weighted by Gasteiger charge is 2.35. The van der Waals surface area contributed by atoms with Gasteiger partial charge < -0.3 is 10.2 Å².